The fraction of sp³-hybridized carbons (Fsp3) is 1.00. The quantitative estimate of drug-likeness (QED) is 0.780. The SMILES string of the molecule is CC1CC(OC2CCC(C)C(C)C2)CCN1. The Kier molecular flexibility index (Phi) is 4.26. The van der Waals surface area contributed by atoms with Crippen LogP contribution in [0.15, 0.2) is 0 Å². The van der Waals surface area contributed by atoms with Crippen molar-refractivity contribution in [2.24, 2.45) is 11.8 Å². The molecule has 5 unspecified atom stereocenters. The predicted molar refractivity (Wildman–Crippen MR) is 67.5 cm³/mol. The summed E-state index contributed by atoms with van der Waals surface area (Å²) >= 11 is 0. The fourth-order valence-electron chi connectivity index (χ4n) is 3.10. The molecule has 2 nitrogen and oxygen atoms in total. The van der Waals surface area contributed by atoms with Gasteiger partial charge in [0.2, 0.25) is 0 Å². The lowest BCUT2D eigenvalue weighted by atomic mass is 9.80. The van der Waals surface area contributed by atoms with E-state index in [9.17, 15) is 0 Å². The molecule has 2 fully saturated rings. The van der Waals surface area contributed by atoms with Gasteiger partial charge < -0.3 is 10.1 Å². The van der Waals surface area contributed by atoms with Gasteiger partial charge in [-0.2, -0.15) is 0 Å². The van der Waals surface area contributed by atoms with Crippen molar-refractivity contribution in [3.05, 3.63) is 0 Å². The molecule has 1 aliphatic heterocycles. The number of hydrogen-bond acceptors (Lipinski definition) is 2. The minimum Gasteiger partial charge on any atom is -0.375 e. The second-order valence-electron chi connectivity index (χ2n) is 6.03. The molecule has 94 valence electrons. The highest BCUT2D eigenvalue weighted by molar-refractivity contribution is 4.80. The van der Waals surface area contributed by atoms with Gasteiger partial charge in [0, 0.05) is 6.04 Å². The Bertz CT molecular complexity index is 219. The van der Waals surface area contributed by atoms with Crippen LogP contribution >= 0.6 is 0 Å². The van der Waals surface area contributed by atoms with Crippen molar-refractivity contribution >= 4 is 0 Å². The molecule has 0 bridgehead atoms. The zero-order valence-corrected chi connectivity index (χ0v) is 11.0. The van der Waals surface area contributed by atoms with Crippen molar-refractivity contribution in [2.75, 3.05) is 6.54 Å². The molecular weight excluding hydrogens is 198 g/mol. The molecule has 1 heterocycles. The van der Waals surface area contributed by atoms with Crippen molar-refractivity contribution in [2.45, 2.75) is 71.1 Å². The van der Waals surface area contributed by atoms with Gasteiger partial charge in [0.05, 0.1) is 12.2 Å². The maximum absolute atomic E-state index is 6.28. The summed E-state index contributed by atoms with van der Waals surface area (Å²) in [6.07, 6.45) is 7.37. The van der Waals surface area contributed by atoms with E-state index >= 15 is 0 Å². The van der Waals surface area contributed by atoms with Gasteiger partial charge in [0.1, 0.15) is 0 Å². The van der Waals surface area contributed by atoms with E-state index in [1.165, 1.54) is 32.1 Å². The molecule has 1 aliphatic carbocycles. The van der Waals surface area contributed by atoms with Gasteiger partial charge in [0.15, 0.2) is 0 Å². The molecule has 2 heteroatoms. The average molecular weight is 225 g/mol. The summed E-state index contributed by atoms with van der Waals surface area (Å²) in [6, 6.07) is 0.638. The molecule has 2 rings (SSSR count). The third-order valence-electron chi connectivity index (χ3n) is 4.51. The number of rotatable bonds is 2. The number of hydrogen-bond donors (Lipinski definition) is 1. The van der Waals surface area contributed by atoms with E-state index in [0.717, 1.165) is 18.4 Å². The Morgan fingerprint density at radius 1 is 0.875 bits per heavy atom. The van der Waals surface area contributed by atoms with Crippen LogP contribution in [0.1, 0.15) is 52.9 Å². The Morgan fingerprint density at radius 3 is 2.31 bits per heavy atom. The zero-order valence-electron chi connectivity index (χ0n) is 11.0. The van der Waals surface area contributed by atoms with E-state index in [1.54, 1.807) is 0 Å². The molecule has 1 N–H and O–H groups in total. The van der Waals surface area contributed by atoms with Gasteiger partial charge >= 0.3 is 0 Å². The minimum absolute atomic E-state index is 0.516. The van der Waals surface area contributed by atoms with E-state index in [-0.39, 0.29) is 0 Å². The smallest absolute Gasteiger partial charge is 0.0605 e. The van der Waals surface area contributed by atoms with Gasteiger partial charge in [-0.15, -0.1) is 0 Å². The number of piperidine rings is 1. The molecule has 0 aromatic heterocycles. The highest BCUT2D eigenvalue weighted by atomic mass is 16.5. The van der Waals surface area contributed by atoms with E-state index in [0.29, 0.717) is 18.2 Å². The number of nitrogens with one attached hydrogen (secondary N) is 1. The molecule has 0 aromatic carbocycles. The third kappa shape index (κ3) is 3.21. The summed E-state index contributed by atoms with van der Waals surface area (Å²) in [5, 5.41) is 3.49. The predicted octanol–water partition coefficient (Wildman–Crippen LogP) is 2.97. The fourth-order valence-corrected chi connectivity index (χ4v) is 3.10. The molecule has 1 saturated carbocycles. The molecule has 0 amide bonds. The Morgan fingerprint density at radius 2 is 1.62 bits per heavy atom. The van der Waals surface area contributed by atoms with Gasteiger partial charge in [-0.3, -0.25) is 0 Å². The molecule has 0 spiro atoms. The van der Waals surface area contributed by atoms with Gasteiger partial charge in [-0.25, -0.2) is 0 Å². The first-order valence-electron chi connectivity index (χ1n) is 7.04. The van der Waals surface area contributed by atoms with E-state index in [1.807, 2.05) is 0 Å². The Labute approximate surface area is 100 Å². The lowest BCUT2D eigenvalue weighted by Crippen LogP contribution is -2.41. The lowest BCUT2D eigenvalue weighted by molar-refractivity contribution is -0.0622. The molecule has 1 saturated heterocycles. The van der Waals surface area contributed by atoms with Crippen molar-refractivity contribution in [1.82, 2.24) is 5.32 Å². The summed E-state index contributed by atoms with van der Waals surface area (Å²) in [4.78, 5) is 0. The summed E-state index contributed by atoms with van der Waals surface area (Å²) < 4.78 is 6.28. The minimum atomic E-state index is 0.516. The molecular formula is C14H27NO. The van der Waals surface area contributed by atoms with Crippen LogP contribution in [0, 0.1) is 11.8 Å². The normalized spacial score (nSPS) is 45.6. The van der Waals surface area contributed by atoms with Crippen LogP contribution in [0.4, 0.5) is 0 Å². The molecule has 0 aromatic rings. The van der Waals surface area contributed by atoms with Crippen LogP contribution in [-0.4, -0.2) is 24.8 Å². The molecule has 0 radical (unpaired) electrons. The van der Waals surface area contributed by atoms with Crippen molar-refractivity contribution in [1.29, 1.82) is 0 Å². The van der Waals surface area contributed by atoms with Crippen LogP contribution in [0.5, 0.6) is 0 Å². The Hall–Kier alpha value is -0.0800. The van der Waals surface area contributed by atoms with Crippen LogP contribution < -0.4 is 5.32 Å². The largest absolute Gasteiger partial charge is 0.375 e. The second kappa shape index (κ2) is 5.50. The van der Waals surface area contributed by atoms with Crippen molar-refractivity contribution in [3.63, 3.8) is 0 Å². The Balaban J connectivity index is 1.76. The maximum Gasteiger partial charge on any atom is 0.0605 e. The van der Waals surface area contributed by atoms with Gasteiger partial charge in [-0.1, -0.05) is 13.8 Å². The highest BCUT2D eigenvalue weighted by Crippen LogP contribution is 2.32. The van der Waals surface area contributed by atoms with Crippen LogP contribution in [0.3, 0.4) is 0 Å². The van der Waals surface area contributed by atoms with Crippen LogP contribution in [0.25, 0.3) is 0 Å². The summed E-state index contributed by atoms with van der Waals surface area (Å²) in [5.41, 5.74) is 0. The standard InChI is InChI=1S/C14H27NO/c1-10-4-5-13(8-11(10)2)16-14-6-7-15-12(3)9-14/h10-15H,4-9H2,1-3H3. The number of ether oxygens (including phenoxy) is 1. The zero-order chi connectivity index (χ0) is 11.5. The van der Waals surface area contributed by atoms with E-state index in [2.05, 4.69) is 26.1 Å². The first kappa shape index (κ1) is 12.4. The molecule has 2 aliphatic rings. The second-order valence-corrected chi connectivity index (χ2v) is 6.03. The third-order valence-corrected chi connectivity index (χ3v) is 4.51. The van der Waals surface area contributed by atoms with Crippen molar-refractivity contribution < 1.29 is 4.74 Å². The highest BCUT2D eigenvalue weighted by Gasteiger charge is 2.28. The lowest BCUT2D eigenvalue weighted by Gasteiger charge is -2.36. The molecule has 16 heavy (non-hydrogen) atoms. The first-order chi connectivity index (χ1) is 7.65. The van der Waals surface area contributed by atoms with Crippen LogP contribution in [0.2, 0.25) is 0 Å². The van der Waals surface area contributed by atoms with Crippen LogP contribution in [-0.2, 0) is 4.74 Å². The van der Waals surface area contributed by atoms with E-state index < -0.39 is 0 Å². The van der Waals surface area contributed by atoms with Gasteiger partial charge in [0.25, 0.3) is 0 Å². The van der Waals surface area contributed by atoms with Crippen molar-refractivity contribution in [3.8, 4) is 0 Å². The maximum atomic E-state index is 6.28. The summed E-state index contributed by atoms with van der Waals surface area (Å²) in [5.74, 6) is 1.74. The summed E-state index contributed by atoms with van der Waals surface area (Å²) in [6.45, 7) is 8.16. The topological polar surface area (TPSA) is 21.3 Å². The monoisotopic (exact) mass is 225 g/mol. The first-order valence-corrected chi connectivity index (χ1v) is 7.04. The van der Waals surface area contributed by atoms with Gasteiger partial charge in [-0.05, 0) is 57.4 Å². The average Bonchev–Trinajstić information content (AvgIpc) is 2.24. The summed E-state index contributed by atoms with van der Waals surface area (Å²) in [7, 11) is 0. The molecule has 5 atom stereocenters. The van der Waals surface area contributed by atoms with E-state index in [4.69, 9.17) is 4.74 Å².